The smallest absolute Gasteiger partial charge is 0.236 e. The largest absolute Gasteiger partial charge is 0.497 e. The second kappa shape index (κ2) is 11.5. The van der Waals surface area contributed by atoms with Gasteiger partial charge >= 0.3 is 0 Å². The monoisotopic (exact) mass is 489 g/mol. The van der Waals surface area contributed by atoms with Gasteiger partial charge in [0.15, 0.2) is 5.13 Å². The number of thiazole rings is 1. The molecule has 0 unspecified atom stereocenters. The van der Waals surface area contributed by atoms with Crippen LogP contribution >= 0.6 is 23.1 Å². The van der Waals surface area contributed by atoms with E-state index in [1.165, 1.54) is 23.1 Å². The molecule has 4 rings (SSSR count). The van der Waals surface area contributed by atoms with E-state index in [1.807, 2.05) is 84.2 Å². The Labute approximate surface area is 206 Å². The van der Waals surface area contributed by atoms with Crippen LogP contribution < -0.4 is 15.4 Å². The Morgan fingerprint density at radius 3 is 2.50 bits per heavy atom. The number of nitrogens with zero attached hydrogens (tertiary/aromatic N) is 1. The van der Waals surface area contributed by atoms with Crippen molar-refractivity contribution in [2.75, 3.05) is 23.5 Å². The van der Waals surface area contributed by atoms with Crippen molar-refractivity contribution in [1.29, 1.82) is 0 Å². The van der Waals surface area contributed by atoms with Gasteiger partial charge < -0.3 is 15.4 Å². The number of rotatable bonds is 9. The minimum absolute atomic E-state index is 0.0810. The first-order valence-electron chi connectivity index (χ1n) is 10.6. The fourth-order valence-electron chi connectivity index (χ4n) is 3.18. The van der Waals surface area contributed by atoms with Crippen molar-refractivity contribution in [3.05, 3.63) is 89.8 Å². The van der Waals surface area contributed by atoms with E-state index in [0.29, 0.717) is 17.2 Å². The Balaban J connectivity index is 1.28. The number of ether oxygens (including phenoxy) is 1. The average molecular weight is 490 g/mol. The fraction of sp³-hybridized carbons (Fsp3) is 0.115. The third-order valence-corrected chi connectivity index (χ3v) is 6.58. The van der Waals surface area contributed by atoms with E-state index in [-0.39, 0.29) is 17.6 Å². The van der Waals surface area contributed by atoms with Crippen molar-refractivity contribution in [3.63, 3.8) is 0 Å². The highest BCUT2D eigenvalue weighted by molar-refractivity contribution is 8.00. The summed E-state index contributed by atoms with van der Waals surface area (Å²) < 4.78 is 5.18. The number of amides is 2. The molecule has 0 aliphatic carbocycles. The molecule has 2 amide bonds. The summed E-state index contributed by atoms with van der Waals surface area (Å²) in [4.78, 5) is 30.1. The van der Waals surface area contributed by atoms with Crippen molar-refractivity contribution in [3.8, 4) is 17.0 Å². The van der Waals surface area contributed by atoms with Crippen LogP contribution in [0.4, 0.5) is 10.8 Å². The number of nitrogens with one attached hydrogen (secondary N) is 2. The molecule has 2 N–H and O–H groups in total. The van der Waals surface area contributed by atoms with Crippen LogP contribution in [0, 0.1) is 0 Å². The molecular formula is C26H23N3O3S2. The molecule has 4 aromatic rings. The molecule has 1 aromatic heterocycles. The van der Waals surface area contributed by atoms with Crippen molar-refractivity contribution in [1.82, 2.24) is 4.98 Å². The van der Waals surface area contributed by atoms with E-state index in [2.05, 4.69) is 15.6 Å². The number of carbonyl (C=O) groups is 2. The summed E-state index contributed by atoms with van der Waals surface area (Å²) in [5.41, 5.74) is 3.42. The minimum Gasteiger partial charge on any atom is -0.497 e. The van der Waals surface area contributed by atoms with Gasteiger partial charge in [0.2, 0.25) is 11.8 Å². The highest BCUT2D eigenvalue weighted by atomic mass is 32.2. The number of benzene rings is 3. The number of methoxy groups -OCH3 is 1. The van der Waals surface area contributed by atoms with Gasteiger partial charge in [-0.3, -0.25) is 9.59 Å². The summed E-state index contributed by atoms with van der Waals surface area (Å²) >= 11 is 2.78. The minimum atomic E-state index is -0.140. The van der Waals surface area contributed by atoms with E-state index in [1.54, 1.807) is 7.11 Å². The van der Waals surface area contributed by atoms with E-state index < -0.39 is 0 Å². The van der Waals surface area contributed by atoms with Crippen molar-refractivity contribution in [2.24, 2.45) is 0 Å². The Morgan fingerprint density at radius 1 is 0.941 bits per heavy atom. The summed E-state index contributed by atoms with van der Waals surface area (Å²) in [5.74, 6) is 0.796. The molecule has 8 heteroatoms. The van der Waals surface area contributed by atoms with Crippen molar-refractivity contribution in [2.45, 2.75) is 11.3 Å². The van der Waals surface area contributed by atoms with Crippen LogP contribution in [0.1, 0.15) is 5.56 Å². The van der Waals surface area contributed by atoms with Crippen LogP contribution in [-0.2, 0) is 16.0 Å². The van der Waals surface area contributed by atoms with Crippen LogP contribution in [0.25, 0.3) is 11.3 Å². The highest BCUT2D eigenvalue weighted by Crippen LogP contribution is 2.27. The van der Waals surface area contributed by atoms with Crippen LogP contribution in [0.2, 0.25) is 0 Å². The first-order chi connectivity index (χ1) is 16.6. The van der Waals surface area contributed by atoms with Gasteiger partial charge in [-0.05, 0) is 48.0 Å². The van der Waals surface area contributed by atoms with Crippen LogP contribution in [0.5, 0.6) is 5.75 Å². The van der Waals surface area contributed by atoms with Gasteiger partial charge in [-0.1, -0.05) is 36.4 Å². The molecule has 0 fully saturated rings. The second-order valence-corrected chi connectivity index (χ2v) is 9.25. The number of hydrogen-bond acceptors (Lipinski definition) is 6. The number of anilines is 2. The lowest BCUT2D eigenvalue weighted by molar-refractivity contribution is -0.115. The predicted molar refractivity (Wildman–Crippen MR) is 139 cm³/mol. The van der Waals surface area contributed by atoms with E-state index in [0.717, 1.165) is 27.5 Å². The highest BCUT2D eigenvalue weighted by Gasteiger charge is 2.10. The maximum atomic E-state index is 12.4. The summed E-state index contributed by atoms with van der Waals surface area (Å²) in [5, 5.41) is 8.23. The van der Waals surface area contributed by atoms with E-state index in [4.69, 9.17) is 4.74 Å². The van der Waals surface area contributed by atoms with Crippen LogP contribution in [0.3, 0.4) is 0 Å². The number of aromatic nitrogens is 1. The van der Waals surface area contributed by atoms with Gasteiger partial charge in [0.25, 0.3) is 0 Å². The number of hydrogen-bond donors (Lipinski definition) is 2. The standard InChI is InChI=1S/C26H23N3O3S2/c1-32-21-12-10-19(11-13-21)23-16-34-26(28-23)29-25(31)17-33-22-9-5-8-20(15-22)27-24(30)14-18-6-3-2-4-7-18/h2-13,15-16H,14,17H2,1H3,(H,27,30)(H,28,29,31). The number of carbonyl (C=O) groups excluding carboxylic acids is 2. The molecule has 0 atom stereocenters. The van der Waals surface area contributed by atoms with Gasteiger partial charge in [-0.15, -0.1) is 23.1 Å². The summed E-state index contributed by atoms with van der Waals surface area (Å²) in [7, 11) is 1.63. The molecule has 0 aliphatic rings. The second-order valence-electron chi connectivity index (χ2n) is 7.34. The maximum absolute atomic E-state index is 12.4. The molecule has 0 radical (unpaired) electrons. The van der Waals surface area contributed by atoms with E-state index in [9.17, 15) is 9.59 Å². The summed E-state index contributed by atoms with van der Waals surface area (Å²) in [6.45, 7) is 0. The lowest BCUT2D eigenvalue weighted by Crippen LogP contribution is -2.14. The molecule has 172 valence electrons. The Kier molecular flexibility index (Phi) is 7.95. The van der Waals surface area contributed by atoms with Crippen molar-refractivity contribution >= 4 is 45.7 Å². The zero-order chi connectivity index (χ0) is 23.8. The van der Waals surface area contributed by atoms with Gasteiger partial charge in [-0.2, -0.15) is 0 Å². The van der Waals surface area contributed by atoms with Crippen LogP contribution in [0.15, 0.2) is 89.1 Å². The quantitative estimate of drug-likeness (QED) is 0.294. The van der Waals surface area contributed by atoms with Gasteiger partial charge in [0.05, 0.1) is 25.0 Å². The lowest BCUT2D eigenvalue weighted by Gasteiger charge is -2.08. The van der Waals surface area contributed by atoms with Crippen molar-refractivity contribution < 1.29 is 14.3 Å². The first kappa shape index (κ1) is 23.5. The summed E-state index contributed by atoms with van der Waals surface area (Å²) in [6.07, 6.45) is 0.312. The summed E-state index contributed by atoms with van der Waals surface area (Å²) in [6, 6.07) is 24.7. The molecule has 34 heavy (non-hydrogen) atoms. The van der Waals surface area contributed by atoms with E-state index >= 15 is 0 Å². The molecule has 0 aliphatic heterocycles. The number of thioether (sulfide) groups is 1. The van der Waals surface area contributed by atoms with Gasteiger partial charge in [-0.25, -0.2) is 4.98 Å². The van der Waals surface area contributed by atoms with Crippen LogP contribution in [-0.4, -0.2) is 29.7 Å². The lowest BCUT2D eigenvalue weighted by atomic mass is 10.1. The predicted octanol–water partition coefficient (Wildman–Crippen LogP) is 5.73. The Bertz CT molecular complexity index is 1260. The fourth-order valence-corrected chi connectivity index (χ4v) is 4.67. The molecule has 0 spiro atoms. The molecule has 0 bridgehead atoms. The molecule has 3 aromatic carbocycles. The van der Waals surface area contributed by atoms with Gasteiger partial charge in [0, 0.05) is 21.5 Å². The average Bonchev–Trinajstić information content (AvgIpc) is 3.32. The third kappa shape index (κ3) is 6.69. The van der Waals surface area contributed by atoms with Gasteiger partial charge in [0.1, 0.15) is 5.75 Å². The zero-order valence-electron chi connectivity index (χ0n) is 18.5. The topological polar surface area (TPSA) is 80.3 Å². The maximum Gasteiger partial charge on any atom is 0.236 e. The first-order valence-corrected chi connectivity index (χ1v) is 12.4. The SMILES string of the molecule is COc1ccc(-c2csc(NC(=O)CSc3cccc(NC(=O)Cc4ccccc4)c3)n2)cc1. The zero-order valence-corrected chi connectivity index (χ0v) is 20.1. The normalized spacial score (nSPS) is 10.5. The molecule has 0 saturated carbocycles. The molecular weight excluding hydrogens is 466 g/mol. The Hall–Kier alpha value is -3.62. The molecule has 6 nitrogen and oxygen atoms in total. The molecule has 1 heterocycles. The molecule has 0 saturated heterocycles. The Morgan fingerprint density at radius 2 is 1.74 bits per heavy atom. The third-order valence-electron chi connectivity index (χ3n) is 4.83.